The predicted octanol–water partition coefficient (Wildman–Crippen LogP) is 1.43. The number of esters is 1. The fourth-order valence-corrected chi connectivity index (χ4v) is 2.86. The number of nitrogens with zero attached hydrogens (tertiary/aromatic N) is 4. The first-order chi connectivity index (χ1) is 12.7. The fraction of sp³-hybridized carbons (Fsp3) is 0.500. The number of benzene rings is 1. The molecule has 0 spiro atoms. The molecule has 0 amide bonds. The monoisotopic (exact) mass is 360 g/mol. The molecule has 0 unspecified atom stereocenters. The molecule has 2 aromatic rings. The van der Waals surface area contributed by atoms with E-state index < -0.39 is 0 Å². The Morgan fingerprint density at radius 2 is 1.85 bits per heavy atom. The molecule has 1 aromatic heterocycles. The molecule has 0 atom stereocenters. The van der Waals surface area contributed by atoms with Crippen LogP contribution >= 0.6 is 0 Å². The SMILES string of the molecule is CCOC(=O)CN1CCN(Cc2nc(-c3ccc(OC)cc3)no2)CC1. The summed E-state index contributed by atoms with van der Waals surface area (Å²) in [6, 6.07) is 7.55. The van der Waals surface area contributed by atoms with Crippen molar-refractivity contribution in [3.05, 3.63) is 30.2 Å². The molecule has 0 aliphatic carbocycles. The third-order valence-corrected chi connectivity index (χ3v) is 4.30. The number of hydrogen-bond donors (Lipinski definition) is 0. The molecule has 8 nitrogen and oxygen atoms in total. The summed E-state index contributed by atoms with van der Waals surface area (Å²) in [6.07, 6.45) is 0. The zero-order valence-corrected chi connectivity index (χ0v) is 15.2. The zero-order valence-electron chi connectivity index (χ0n) is 15.2. The smallest absolute Gasteiger partial charge is 0.320 e. The van der Waals surface area contributed by atoms with Gasteiger partial charge in [-0.15, -0.1) is 0 Å². The quantitative estimate of drug-likeness (QED) is 0.686. The maximum Gasteiger partial charge on any atom is 0.320 e. The standard InChI is InChI=1S/C18H24N4O4/c1-3-25-17(23)13-22-10-8-21(9-11-22)12-16-19-18(20-26-16)14-4-6-15(24-2)7-5-14/h4-7H,3,8-13H2,1-2H3. The van der Waals surface area contributed by atoms with Gasteiger partial charge in [0.05, 0.1) is 26.8 Å². The number of methoxy groups -OCH3 is 1. The van der Waals surface area contributed by atoms with Crippen molar-refractivity contribution >= 4 is 5.97 Å². The molecule has 1 saturated heterocycles. The molecule has 26 heavy (non-hydrogen) atoms. The first kappa shape index (κ1) is 18.3. The van der Waals surface area contributed by atoms with Crippen LogP contribution in [0.2, 0.25) is 0 Å². The molecular weight excluding hydrogens is 336 g/mol. The summed E-state index contributed by atoms with van der Waals surface area (Å²) in [6.45, 7) is 6.53. The average molecular weight is 360 g/mol. The maximum atomic E-state index is 11.5. The summed E-state index contributed by atoms with van der Waals surface area (Å²) in [7, 11) is 1.63. The van der Waals surface area contributed by atoms with Crippen molar-refractivity contribution in [2.24, 2.45) is 0 Å². The second kappa shape index (κ2) is 8.77. The van der Waals surface area contributed by atoms with Gasteiger partial charge in [-0.05, 0) is 31.2 Å². The van der Waals surface area contributed by atoms with Crippen molar-refractivity contribution in [2.75, 3.05) is 46.4 Å². The van der Waals surface area contributed by atoms with E-state index in [-0.39, 0.29) is 5.97 Å². The Morgan fingerprint density at radius 3 is 2.50 bits per heavy atom. The largest absolute Gasteiger partial charge is 0.497 e. The molecule has 0 bridgehead atoms. The third-order valence-electron chi connectivity index (χ3n) is 4.30. The number of rotatable bonds is 7. The van der Waals surface area contributed by atoms with E-state index in [0.717, 1.165) is 37.5 Å². The molecule has 0 N–H and O–H groups in total. The summed E-state index contributed by atoms with van der Waals surface area (Å²) >= 11 is 0. The van der Waals surface area contributed by atoms with Gasteiger partial charge in [0, 0.05) is 31.7 Å². The third kappa shape index (κ3) is 4.80. The Labute approximate surface area is 152 Å². The lowest BCUT2D eigenvalue weighted by Crippen LogP contribution is -2.47. The lowest BCUT2D eigenvalue weighted by Gasteiger charge is -2.33. The molecule has 3 rings (SSSR count). The Hall–Kier alpha value is -2.45. The Balaban J connectivity index is 1.50. The van der Waals surface area contributed by atoms with Gasteiger partial charge < -0.3 is 14.0 Å². The summed E-state index contributed by atoms with van der Waals surface area (Å²) in [5, 5.41) is 4.06. The van der Waals surface area contributed by atoms with Gasteiger partial charge in [0.15, 0.2) is 0 Å². The summed E-state index contributed by atoms with van der Waals surface area (Å²) < 4.78 is 15.5. The van der Waals surface area contributed by atoms with Gasteiger partial charge in [-0.3, -0.25) is 14.6 Å². The van der Waals surface area contributed by atoms with Crippen LogP contribution in [-0.2, 0) is 16.1 Å². The van der Waals surface area contributed by atoms with E-state index in [1.807, 2.05) is 31.2 Å². The minimum atomic E-state index is -0.165. The molecule has 1 aromatic carbocycles. The van der Waals surface area contributed by atoms with E-state index in [9.17, 15) is 4.79 Å². The summed E-state index contributed by atoms with van der Waals surface area (Å²) in [5.74, 6) is 1.79. The van der Waals surface area contributed by atoms with Crippen LogP contribution < -0.4 is 4.74 Å². The molecule has 0 saturated carbocycles. The van der Waals surface area contributed by atoms with Gasteiger partial charge in [-0.25, -0.2) is 0 Å². The number of aromatic nitrogens is 2. The van der Waals surface area contributed by atoms with Crippen LogP contribution in [0.5, 0.6) is 5.75 Å². The first-order valence-corrected chi connectivity index (χ1v) is 8.75. The lowest BCUT2D eigenvalue weighted by atomic mass is 10.2. The van der Waals surface area contributed by atoms with E-state index in [0.29, 0.717) is 31.4 Å². The number of hydrogen-bond acceptors (Lipinski definition) is 8. The van der Waals surface area contributed by atoms with E-state index in [1.165, 1.54) is 0 Å². The van der Waals surface area contributed by atoms with Crippen molar-refractivity contribution in [2.45, 2.75) is 13.5 Å². The number of piperazine rings is 1. The summed E-state index contributed by atoms with van der Waals surface area (Å²) in [4.78, 5) is 20.4. The number of carbonyl (C=O) groups is 1. The van der Waals surface area contributed by atoms with Crippen molar-refractivity contribution in [3.8, 4) is 17.1 Å². The predicted molar refractivity (Wildman–Crippen MR) is 94.6 cm³/mol. The van der Waals surface area contributed by atoms with Crippen LogP contribution in [-0.4, -0.2) is 72.4 Å². The Morgan fingerprint density at radius 1 is 1.15 bits per heavy atom. The molecule has 2 heterocycles. The number of ether oxygens (including phenoxy) is 2. The highest BCUT2D eigenvalue weighted by atomic mass is 16.5. The van der Waals surface area contributed by atoms with E-state index in [2.05, 4.69) is 19.9 Å². The summed E-state index contributed by atoms with van der Waals surface area (Å²) in [5.41, 5.74) is 0.889. The molecule has 1 fully saturated rings. The molecule has 140 valence electrons. The van der Waals surface area contributed by atoms with Crippen LogP contribution in [0.1, 0.15) is 12.8 Å². The molecular formula is C18H24N4O4. The van der Waals surface area contributed by atoms with Gasteiger partial charge in [-0.2, -0.15) is 4.98 Å². The number of carbonyl (C=O) groups excluding carboxylic acids is 1. The second-order valence-corrected chi connectivity index (χ2v) is 6.10. The molecule has 8 heteroatoms. The highest BCUT2D eigenvalue weighted by molar-refractivity contribution is 5.71. The Kier molecular flexibility index (Phi) is 6.19. The van der Waals surface area contributed by atoms with E-state index >= 15 is 0 Å². The van der Waals surface area contributed by atoms with Crippen LogP contribution in [0.4, 0.5) is 0 Å². The highest BCUT2D eigenvalue weighted by Gasteiger charge is 2.21. The van der Waals surface area contributed by atoms with Gasteiger partial charge in [-0.1, -0.05) is 5.16 Å². The van der Waals surface area contributed by atoms with Crippen LogP contribution in [0.25, 0.3) is 11.4 Å². The minimum absolute atomic E-state index is 0.165. The molecule has 1 aliphatic rings. The molecule has 0 radical (unpaired) electrons. The van der Waals surface area contributed by atoms with E-state index in [1.54, 1.807) is 7.11 Å². The lowest BCUT2D eigenvalue weighted by molar-refractivity contribution is -0.144. The van der Waals surface area contributed by atoms with Crippen LogP contribution in [0, 0.1) is 0 Å². The van der Waals surface area contributed by atoms with Gasteiger partial charge in [0.1, 0.15) is 5.75 Å². The van der Waals surface area contributed by atoms with Gasteiger partial charge >= 0.3 is 5.97 Å². The van der Waals surface area contributed by atoms with E-state index in [4.69, 9.17) is 14.0 Å². The zero-order chi connectivity index (χ0) is 18.4. The Bertz CT molecular complexity index is 708. The first-order valence-electron chi connectivity index (χ1n) is 8.75. The highest BCUT2D eigenvalue weighted by Crippen LogP contribution is 2.20. The van der Waals surface area contributed by atoms with Crippen molar-refractivity contribution in [1.29, 1.82) is 0 Å². The van der Waals surface area contributed by atoms with Crippen molar-refractivity contribution in [3.63, 3.8) is 0 Å². The second-order valence-electron chi connectivity index (χ2n) is 6.10. The maximum absolute atomic E-state index is 11.5. The molecule has 1 aliphatic heterocycles. The van der Waals surface area contributed by atoms with Gasteiger partial charge in [0.25, 0.3) is 0 Å². The minimum Gasteiger partial charge on any atom is -0.497 e. The van der Waals surface area contributed by atoms with Crippen LogP contribution in [0.15, 0.2) is 28.8 Å². The van der Waals surface area contributed by atoms with Gasteiger partial charge in [0.2, 0.25) is 11.7 Å². The average Bonchev–Trinajstić information content (AvgIpc) is 3.12. The normalized spacial score (nSPS) is 15.8. The van der Waals surface area contributed by atoms with Crippen LogP contribution in [0.3, 0.4) is 0 Å². The van der Waals surface area contributed by atoms with Crippen molar-refractivity contribution in [1.82, 2.24) is 19.9 Å². The fourth-order valence-electron chi connectivity index (χ4n) is 2.86. The van der Waals surface area contributed by atoms with Crippen molar-refractivity contribution < 1.29 is 18.8 Å². The topological polar surface area (TPSA) is 80.9 Å².